The Bertz CT molecular complexity index is 505. The van der Waals surface area contributed by atoms with E-state index in [0.29, 0.717) is 5.75 Å². The molecule has 3 nitrogen and oxygen atoms in total. The van der Waals surface area contributed by atoms with E-state index in [1.165, 1.54) is 12.3 Å². The van der Waals surface area contributed by atoms with E-state index < -0.39 is 5.82 Å². The second kappa shape index (κ2) is 4.37. The van der Waals surface area contributed by atoms with Gasteiger partial charge in [0.05, 0.1) is 16.9 Å². The van der Waals surface area contributed by atoms with Crippen molar-refractivity contribution in [1.82, 2.24) is 4.98 Å². The van der Waals surface area contributed by atoms with Crippen molar-refractivity contribution in [2.45, 2.75) is 0 Å². The lowest BCUT2D eigenvalue weighted by molar-refractivity contribution is 0.477. The fourth-order valence-electron chi connectivity index (χ4n) is 1.17. The molecule has 82 valence electrons. The van der Waals surface area contributed by atoms with Crippen molar-refractivity contribution in [3.8, 4) is 11.5 Å². The monoisotopic (exact) mass is 238 g/mol. The molecule has 0 aliphatic carbocycles. The molecule has 16 heavy (non-hydrogen) atoms. The normalized spacial score (nSPS) is 10.1. The maximum atomic E-state index is 13.2. The van der Waals surface area contributed by atoms with Crippen LogP contribution in [0.2, 0.25) is 5.02 Å². The molecule has 2 aromatic rings. The van der Waals surface area contributed by atoms with Gasteiger partial charge in [0.2, 0.25) is 0 Å². The first-order valence-corrected chi connectivity index (χ1v) is 4.87. The molecule has 0 fully saturated rings. The van der Waals surface area contributed by atoms with E-state index in [2.05, 4.69) is 4.98 Å². The van der Waals surface area contributed by atoms with Gasteiger partial charge in [-0.15, -0.1) is 0 Å². The van der Waals surface area contributed by atoms with Crippen molar-refractivity contribution in [3.05, 3.63) is 47.5 Å². The number of anilines is 1. The third-order valence-electron chi connectivity index (χ3n) is 1.91. The van der Waals surface area contributed by atoms with Crippen LogP contribution in [-0.2, 0) is 0 Å². The van der Waals surface area contributed by atoms with Crippen LogP contribution in [0.25, 0.3) is 0 Å². The summed E-state index contributed by atoms with van der Waals surface area (Å²) < 4.78 is 18.5. The quantitative estimate of drug-likeness (QED) is 0.817. The molecule has 1 aromatic heterocycles. The van der Waals surface area contributed by atoms with Gasteiger partial charge in [-0.05, 0) is 18.2 Å². The molecule has 5 heteroatoms. The van der Waals surface area contributed by atoms with Gasteiger partial charge in [0, 0.05) is 12.3 Å². The zero-order chi connectivity index (χ0) is 11.5. The zero-order valence-corrected chi connectivity index (χ0v) is 8.91. The average molecular weight is 239 g/mol. The molecule has 0 saturated heterocycles. The first-order chi connectivity index (χ1) is 7.66. The van der Waals surface area contributed by atoms with Gasteiger partial charge < -0.3 is 10.5 Å². The lowest BCUT2D eigenvalue weighted by Gasteiger charge is -2.08. The third-order valence-corrected chi connectivity index (χ3v) is 2.20. The minimum absolute atomic E-state index is 0.0314. The van der Waals surface area contributed by atoms with Crippen molar-refractivity contribution in [3.63, 3.8) is 0 Å². The van der Waals surface area contributed by atoms with E-state index in [4.69, 9.17) is 22.1 Å². The summed E-state index contributed by atoms with van der Waals surface area (Å²) in [5, 5.41) is -0.0314. The first kappa shape index (κ1) is 10.7. The molecule has 2 N–H and O–H groups in total. The summed E-state index contributed by atoms with van der Waals surface area (Å²) in [6.45, 7) is 0. The highest BCUT2D eigenvalue weighted by molar-refractivity contribution is 6.31. The number of aromatic nitrogens is 1. The molecule has 2 rings (SSSR count). The van der Waals surface area contributed by atoms with Gasteiger partial charge in [-0.1, -0.05) is 11.6 Å². The maximum absolute atomic E-state index is 13.2. The Morgan fingerprint density at radius 1 is 1.38 bits per heavy atom. The molecular formula is C11H8ClFN2O. The van der Waals surface area contributed by atoms with Crippen LogP contribution in [0.3, 0.4) is 0 Å². The summed E-state index contributed by atoms with van der Waals surface area (Å²) in [6, 6.07) is 5.85. The number of nitrogens with two attached hydrogens (primary N) is 1. The number of halogens is 2. The van der Waals surface area contributed by atoms with Gasteiger partial charge in [0.15, 0.2) is 5.75 Å². The number of pyridine rings is 1. The fourth-order valence-corrected chi connectivity index (χ4v) is 1.34. The van der Waals surface area contributed by atoms with Crippen molar-refractivity contribution in [1.29, 1.82) is 0 Å². The van der Waals surface area contributed by atoms with Gasteiger partial charge in [-0.2, -0.15) is 0 Å². The van der Waals surface area contributed by atoms with E-state index >= 15 is 0 Å². The van der Waals surface area contributed by atoms with Gasteiger partial charge in [0.1, 0.15) is 11.6 Å². The Morgan fingerprint density at radius 2 is 2.19 bits per heavy atom. The number of ether oxygens (including phenoxy) is 1. The average Bonchev–Trinajstić information content (AvgIpc) is 2.27. The summed E-state index contributed by atoms with van der Waals surface area (Å²) in [5.41, 5.74) is 5.91. The molecule has 1 aromatic carbocycles. The first-order valence-electron chi connectivity index (χ1n) is 4.49. The molecule has 0 bridgehead atoms. The highest BCUT2D eigenvalue weighted by Gasteiger charge is 2.08. The molecule has 0 radical (unpaired) electrons. The van der Waals surface area contributed by atoms with Crippen LogP contribution < -0.4 is 10.5 Å². The minimum atomic E-state index is -0.574. The van der Waals surface area contributed by atoms with Crippen LogP contribution in [0.1, 0.15) is 0 Å². The van der Waals surface area contributed by atoms with Crippen molar-refractivity contribution >= 4 is 17.3 Å². The standard InChI is InChI=1S/C11H8ClFN2O/c12-8-4-10(14)11(5-9(8)13)16-7-2-1-3-15-6-7/h1-6H,14H2. The van der Waals surface area contributed by atoms with Gasteiger partial charge >= 0.3 is 0 Å². The Morgan fingerprint density at radius 3 is 2.88 bits per heavy atom. The molecule has 0 aliphatic heterocycles. The summed E-state index contributed by atoms with van der Waals surface area (Å²) in [4.78, 5) is 3.86. The van der Waals surface area contributed by atoms with E-state index in [1.54, 1.807) is 18.3 Å². The van der Waals surface area contributed by atoms with Crippen molar-refractivity contribution in [2.24, 2.45) is 0 Å². The van der Waals surface area contributed by atoms with Gasteiger partial charge in [-0.25, -0.2) is 4.39 Å². The Labute approximate surface area is 96.6 Å². The number of nitrogens with zero attached hydrogens (tertiary/aromatic N) is 1. The molecule has 0 saturated carbocycles. The minimum Gasteiger partial charge on any atom is -0.453 e. The van der Waals surface area contributed by atoms with Crippen molar-refractivity contribution in [2.75, 3.05) is 5.73 Å². The number of benzene rings is 1. The second-order valence-corrected chi connectivity index (χ2v) is 3.50. The van der Waals surface area contributed by atoms with E-state index in [1.807, 2.05) is 0 Å². The number of rotatable bonds is 2. The summed E-state index contributed by atoms with van der Waals surface area (Å²) in [6.07, 6.45) is 3.12. The predicted octanol–water partition coefficient (Wildman–Crippen LogP) is 3.25. The molecule has 0 atom stereocenters. The summed E-state index contributed by atoms with van der Waals surface area (Å²) in [7, 11) is 0. The number of hydrogen-bond donors (Lipinski definition) is 1. The third kappa shape index (κ3) is 2.23. The van der Waals surface area contributed by atoms with E-state index in [-0.39, 0.29) is 16.5 Å². The Balaban J connectivity index is 2.32. The van der Waals surface area contributed by atoms with Crippen LogP contribution in [0.4, 0.5) is 10.1 Å². The lowest BCUT2D eigenvalue weighted by atomic mass is 10.3. The van der Waals surface area contributed by atoms with Crippen LogP contribution in [0.5, 0.6) is 11.5 Å². The van der Waals surface area contributed by atoms with Crippen molar-refractivity contribution < 1.29 is 9.13 Å². The smallest absolute Gasteiger partial charge is 0.153 e. The fraction of sp³-hybridized carbons (Fsp3) is 0. The molecular weight excluding hydrogens is 231 g/mol. The number of nitrogen functional groups attached to an aromatic ring is 1. The van der Waals surface area contributed by atoms with Gasteiger partial charge in [0.25, 0.3) is 0 Å². The highest BCUT2D eigenvalue weighted by atomic mass is 35.5. The molecule has 0 aliphatic rings. The van der Waals surface area contributed by atoms with Gasteiger partial charge in [-0.3, -0.25) is 4.98 Å². The Hall–Kier alpha value is -1.81. The van der Waals surface area contributed by atoms with Crippen LogP contribution in [-0.4, -0.2) is 4.98 Å². The summed E-state index contributed by atoms with van der Waals surface area (Å²) >= 11 is 5.57. The molecule has 1 heterocycles. The van der Waals surface area contributed by atoms with Crippen LogP contribution in [0.15, 0.2) is 36.7 Å². The maximum Gasteiger partial charge on any atom is 0.153 e. The molecule has 0 spiro atoms. The summed E-state index contributed by atoms with van der Waals surface area (Å²) in [5.74, 6) is 0.126. The van der Waals surface area contributed by atoms with E-state index in [9.17, 15) is 4.39 Å². The SMILES string of the molecule is Nc1cc(Cl)c(F)cc1Oc1cccnc1. The van der Waals surface area contributed by atoms with Crippen LogP contribution >= 0.6 is 11.6 Å². The van der Waals surface area contributed by atoms with Crippen LogP contribution in [0, 0.1) is 5.82 Å². The Kier molecular flexibility index (Phi) is 2.92. The largest absolute Gasteiger partial charge is 0.453 e. The highest BCUT2D eigenvalue weighted by Crippen LogP contribution is 2.31. The lowest BCUT2D eigenvalue weighted by Crippen LogP contribution is -1.94. The predicted molar refractivity (Wildman–Crippen MR) is 60.1 cm³/mol. The number of hydrogen-bond acceptors (Lipinski definition) is 3. The van der Waals surface area contributed by atoms with E-state index in [0.717, 1.165) is 6.07 Å². The molecule has 0 amide bonds. The topological polar surface area (TPSA) is 48.1 Å². The zero-order valence-electron chi connectivity index (χ0n) is 8.15. The molecule has 0 unspecified atom stereocenters. The second-order valence-electron chi connectivity index (χ2n) is 3.09.